The van der Waals surface area contributed by atoms with Crippen LogP contribution in [0, 0.1) is 5.92 Å². The topological polar surface area (TPSA) is 48.9 Å². The van der Waals surface area contributed by atoms with E-state index in [1.807, 2.05) is 0 Å². The van der Waals surface area contributed by atoms with Crippen LogP contribution in [0.4, 0.5) is 0 Å². The Kier molecular flexibility index (Phi) is 9.77. The van der Waals surface area contributed by atoms with Crippen molar-refractivity contribution >= 4 is 29.9 Å². The highest BCUT2D eigenvalue weighted by Gasteiger charge is 2.29. The molecule has 6 heteroatoms. The Morgan fingerprint density at radius 2 is 2.04 bits per heavy atom. The number of nitrogens with zero attached hydrogens (tertiary/aromatic N) is 2. The van der Waals surface area contributed by atoms with E-state index in [9.17, 15) is 0 Å². The number of piperidine rings is 1. The van der Waals surface area contributed by atoms with Crippen LogP contribution in [0.1, 0.15) is 46.0 Å². The van der Waals surface area contributed by atoms with Crippen LogP contribution in [0.25, 0.3) is 0 Å². The highest BCUT2D eigenvalue weighted by Crippen LogP contribution is 2.25. The molecular weight excluding hydrogens is 403 g/mol. The number of halogens is 1. The van der Waals surface area contributed by atoms with Crippen LogP contribution in [0.5, 0.6) is 0 Å². The third-order valence-corrected chi connectivity index (χ3v) is 4.90. The van der Waals surface area contributed by atoms with Crippen molar-refractivity contribution in [2.45, 2.75) is 51.6 Å². The van der Waals surface area contributed by atoms with E-state index in [1.165, 1.54) is 32.4 Å². The Morgan fingerprint density at radius 3 is 2.65 bits per heavy atom. The summed E-state index contributed by atoms with van der Waals surface area (Å²) in [7, 11) is 2.22. The fourth-order valence-corrected chi connectivity index (χ4v) is 3.30. The molecule has 2 N–H and O–H groups in total. The Balaban J connectivity index is 0.00000264. The number of aliphatic imine (C=N–C) groups is 1. The van der Waals surface area contributed by atoms with Gasteiger partial charge >= 0.3 is 0 Å². The van der Waals surface area contributed by atoms with Crippen molar-refractivity contribution in [3.8, 4) is 0 Å². The molecule has 23 heavy (non-hydrogen) atoms. The maximum absolute atomic E-state index is 5.81. The second-order valence-corrected chi connectivity index (χ2v) is 7.06. The van der Waals surface area contributed by atoms with Crippen LogP contribution in [0.3, 0.4) is 0 Å². The third-order valence-electron chi connectivity index (χ3n) is 4.90. The molecule has 0 aromatic carbocycles. The fraction of sp³-hybridized carbons (Fsp3) is 0.941. The van der Waals surface area contributed by atoms with Gasteiger partial charge in [-0.05, 0) is 72.0 Å². The second kappa shape index (κ2) is 10.7. The van der Waals surface area contributed by atoms with Crippen molar-refractivity contribution in [2.75, 3.05) is 46.4 Å². The highest BCUT2D eigenvalue weighted by atomic mass is 127. The molecule has 0 amide bonds. The van der Waals surface area contributed by atoms with Crippen molar-refractivity contribution in [3.63, 3.8) is 0 Å². The SMILES string of the molecule is CCNC(=NCC1(C)CCCO1)NCCC1CCN(C)CC1.I. The Morgan fingerprint density at radius 1 is 1.30 bits per heavy atom. The molecule has 2 aliphatic rings. The Labute approximate surface area is 159 Å². The molecule has 0 aromatic rings. The minimum Gasteiger partial charge on any atom is -0.373 e. The number of rotatable bonds is 6. The summed E-state index contributed by atoms with van der Waals surface area (Å²) in [4.78, 5) is 7.15. The van der Waals surface area contributed by atoms with Gasteiger partial charge in [-0.25, -0.2) is 0 Å². The first-order valence-corrected chi connectivity index (χ1v) is 8.96. The zero-order chi connectivity index (χ0) is 15.8. The van der Waals surface area contributed by atoms with Gasteiger partial charge in [0.15, 0.2) is 5.96 Å². The molecule has 5 nitrogen and oxygen atoms in total. The summed E-state index contributed by atoms with van der Waals surface area (Å²) in [6.45, 7) is 10.3. The van der Waals surface area contributed by atoms with Gasteiger partial charge in [0.05, 0.1) is 12.1 Å². The maximum Gasteiger partial charge on any atom is 0.191 e. The number of hydrogen-bond donors (Lipinski definition) is 2. The first kappa shape index (κ1) is 21.0. The predicted octanol–water partition coefficient (Wildman–Crippen LogP) is 2.46. The smallest absolute Gasteiger partial charge is 0.191 e. The van der Waals surface area contributed by atoms with E-state index in [-0.39, 0.29) is 29.6 Å². The van der Waals surface area contributed by atoms with Crippen molar-refractivity contribution in [2.24, 2.45) is 10.9 Å². The van der Waals surface area contributed by atoms with E-state index in [1.54, 1.807) is 0 Å². The monoisotopic (exact) mass is 438 g/mol. The number of hydrogen-bond acceptors (Lipinski definition) is 3. The molecule has 136 valence electrons. The molecule has 0 aliphatic carbocycles. The molecule has 0 aromatic heterocycles. The molecule has 2 fully saturated rings. The van der Waals surface area contributed by atoms with Gasteiger partial charge in [-0.3, -0.25) is 4.99 Å². The molecule has 2 heterocycles. The van der Waals surface area contributed by atoms with Crippen LogP contribution in [0.2, 0.25) is 0 Å². The number of likely N-dealkylation sites (tertiary alicyclic amines) is 1. The van der Waals surface area contributed by atoms with Gasteiger partial charge in [0.25, 0.3) is 0 Å². The van der Waals surface area contributed by atoms with Crippen molar-refractivity contribution in [1.29, 1.82) is 0 Å². The molecule has 2 saturated heterocycles. The lowest BCUT2D eigenvalue weighted by molar-refractivity contribution is 0.0283. The van der Waals surface area contributed by atoms with Gasteiger partial charge in [0.2, 0.25) is 0 Å². The fourth-order valence-electron chi connectivity index (χ4n) is 3.30. The second-order valence-electron chi connectivity index (χ2n) is 7.06. The number of nitrogens with one attached hydrogen (secondary N) is 2. The van der Waals surface area contributed by atoms with E-state index in [0.29, 0.717) is 0 Å². The lowest BCUT2D eigenvalue weighted by atomic mass is 9.94. The van der Waals surface area contributed by atoms with E-state index >= 15 is 0 Å². The van der Waals surface area contributed by atoms with Crippen molar-refractivity contribution in [1.82, 2.24) is 15.5 Å². The average Bonchev–Trinajstić information content (AvgIpc) is 2.94. The minimum absolute atomic E-state index is 0. The quantitative estimate of drug-likeness (QED) is 0.380. The lowest BCUT2D eigenvalue weighted by Crippen LogP contribution is -2.40. The molecule has 0 saturated carbocycles. The van der Waals surface area contributed by atoms with Gasteiger partial charge < -0.3 is 20.3 Å². The predicted molar refractivity (Wildman–Crippen MR) is 108 cm³/mol. The van der Waals surface area contributed by atoms with Crippen LogP contribution in [-0.4, -0.2) is 62.8 Å². The molecule has 2 aliphatic heterocycles. The summed E-state index contributed by atoms with van der Waals surface area (Å²) in [6, 6.07) is 0. The van der Waals surface area contributed by atoms with Gasteiger partial charge in [0, 0.05) is 19.7 Å². The minimum atomic E-state index is -0.0592. The van der Waals surface area contributed by atoms with Crippen LogP contribution < -0.4 is 10.6 Å². The Hall–Kier alpha value is -0.0800. The van der Waals surface area contributed by atoms with E-state index in [2.05, 4.69) is 36.4 Å². The highest BCUT2D eigenvalue weighted by molar-refractivity contribution is 14.0. The summed E-state index contributed by atoms with van der Waals surface area (Å²) in [5.41, 5.74) is -0.0592. The van der Waals surface area contributed by atoms with Gasteiger partial charge in [-0.15, -0.1) is 24.0 Å². The van der Waals surface area contributed by atoms with E-state index in [4.69, 9.17) is 9.73 Å². The zero-order valence-electron chi connectivity index (χ0n) is 15.1. The summed E-state index contributed by atoms with van der Waals surface area (Å²) >= 11 is 0. The van der Waals surface area contributed by atoms with Crippen molar-refractivity contribution in [3.05, 3.63) is 0 Å². The van der Waals surface area contributed by atoms with Gasteiger partial charge in [-0.2, -0.15) is 0 Å². The summed E-state index contributed by atoms with van der Waals surface area (Å²) in [5.74, 6) is 1.80. The lowest BCUT2D eigenvalue weighted by Gasteiger charge is -2.29. The summed E-state index contributed by atoms with van der Waals surface area (Å²) in [5, 5.41) is 6.83. The molecular formula is C17H35IN4O. The molecule has 0 spiro atoms. The normalized spacial score (nSPS) is 26.8. The van der Waals surface area contributed by atoms with E-state index < -0.39 is 0 Å². The van der Waals surface area contributed by atoms with Gasteiger partial charge in [0.1, 0.15) is 0 Å². The zero-order valence-corrected chi connectivity index (χ0v) is 17.4. The number of ether oxygens (including phenoxy) is 1. The first-order valence-electron chi connectivity index (χ1n) is 8.96. The third kappa shape index (κ3) is 7.56. The van der Waals surface area contributed by atoms with Crippen molar-refractivity contribution < 1.29 is 4.74 Å². The van der Waals surface area contributed by atoms with Crippen LogP contribution >= 0.6 is 24.0 Å². The average molecular weight is 438 g/mol. The molecule has 0 radical (unpaired) electrons. The summed E-state index contributed by atoms with van der Waals surface area (Å²) in [6.07, 6.45) is 6.18. The molecule has 1 unspecified atom stereocenters. The van der Waals surface area contributed by atoms with Crippen LogP contribution in [-0.2, 0) is 4.74 Å². The Bertz CT molecular complexity index is 351. The molecule has 2 rings (SSSR count). The van der Waals surface area contributed by atoms with E-state index in [0.717, 1.165) is 51.0 Å². The summed E-state index contributed by atoms with van der Waals surface area (Å²) < 4.78 is 5.81. The maximum atomic E-state index is 5.81. The van der Waals surface area contributed by atoms with Crippen LogP contribution in [0.15, 0.2) is 4.99 Å². The first-order chi connectivity index (χ1) is 10.6. The largest absolute Gasteiger partial charge is 0.373 e. The molecule has 0 bridgehead atoms. The van der Waals surface area contributed by atoms with Gasteiger partial charge in [-0.1, -0.05) is 0 Å². The standard InChI is InChI=1S/C17H34N4O.HI/c1-4-18-16(20-14-17(2)9-5-13-22-17)19-10-6-15-7-11-21(3)12-8-15;/h15H,4-14H2,1-3H3,(H2,18,19,20);1H. The molecule has 1 atom stereocenters. The number of guanidine groups is 1.